The fourth-order valence-corrected chi connectivity index (χ4v) is 2.62. The normalized spacial score (nSPS) is 17.2. The summed E-state index contributed by atoms with van der Waals surface area (Å²) in [7, 11) is 0. The molecule has 1 unspecified atom stereocenters. The number of urea groups is 1. The maximum Gasteiger partial charge on any atom is 0.315 e. The monoisotopic (exact) mass is 310 g/mol. The molecule has 1 aliphatic heterocycles. The summed E-state index contributed by atoms with van der Waals surface area (Å²) < 4.78 is 5.24. The predicted molar refractivity (Wildman–Crippen MR) is 83.6 cm³/mol. The van der Waals surface area contributed by atoms with Gasteiger partial charge in [0, 0.05) is 30.7 Å². The highest BCUT2D eigenvalue weighted by atomic mass is 32.2. The van der Waals surface area contributed by atoms with Crippen LogP contribution in [-0.2, 0) is 4.74 Å². The molecule has 1 atom stereocenters. The Balaban J connectivity index is 1.74. The van der Waals surface area contributed by atoms with Gasteiger partial charge in [0.2, 0.25) is 0 Å². The lowest BCUT2D eigenvalue weighted by molar-refractivity contribution is 0.0798. The summed E-state index contributed by atoms with van der Waals surface area (Å²) in [6.45, 7) is 1.58. The summed E-state index contributed by atoms with van der Waals surface area (Å²) >= 11 is 1.66. The van der Waals surface area contributed by atoms with Crippen molar-refractivity contribution in [2.24, 2.45) is 0 Å². The van der Waals surface area contributed by atoms with Crippen LogP contribution >= 0.6 is 11.8 Å². The van der Waals surface area contributed by atoms with E-state index in [1.165, 1.54) is 0 Å². The third-order valence-electron chi connectivity index (χ3n) is 3.51. The van der Waals surface area contributed by atoms with Gasteiger partial charge >= 0.3 is 6.03 Å². The summed E-state index contributed by atoms with van der Waals surface area (Å²) in [5.74, 6) is 0. The molecule has 116 valence electrons. The second kappa shape index (κ2) is 8.26. The molecule has 1 aromatic carbocycles. The smallest absolute Gasteiger partial charge is 0.315 e. The number of ether oxygens (including phenoxy) is 1. The van der Waals surface area contributed by atoms with Gasteiger partial charge in [-0.15, -0.1) is 11.8 Å². The maximum atomic E-state index is 11.8. The van der Waals surface area contributed by atoms with E-state index in [4.69, 9.17) is 4.74 Å². The number of thioether (sulfide) groups is 1. The van der Waals surface area contributed by atoms with E-state index < -0.39 is 6.10 Å². The number of carbonyl (C=O) groups is 1. The van der Waals surface area contributed by atoms with Crippen molar-refractivity contribution in [1.82, 2.24) is 10.6 Å². The van der Waals surface area contributed by atoms with Crippen LogP contribution in [0.1, 0.15) is 24.5 Å². The molecular formula is C15H22N2O3S. The highest BCUT2D eigenvalue weighted by Gasteiger charge is 2.16. The fourth-order valence-electron chi connectivity index (χ4n) is 2.21. The summed E-state index contributed by atoms with van der Waals surface area (Å²) in [5, 5.41) is 15.7. The highest BCUT2D eigenvalue weighted by molar-refractivity contribution is 7.98. The van der Waals surface area contributed by atoms with Crippen LogP contribution in [0.25, 0.3) is 0 Å². The van der Waals surface area contributed by atoms with E-state index in [2.05, 4.69) is 10.6 Å². The Morgan fingerprint density at radius 1 is 1.38 bits per heavy atom. The Hall–Kier alpha value is -1.24. The van der Waals surface area contributed by atoms with Crippen LogP contribution in [0.3, 0.4) is 0 Å². The van der Waals surface area contributed by atoms with Crippen molar-refractivity contribution in [1.29, 1.82) is 0 Å². The summed E-state index contributed by atoms with van der Waals surface area (Å²) in [5.41, 5.74) is 0.805. The second-order valence-corrected chi connectivity index (χ2v) is 5.91. The van der Waals surface area contributed by atoms with Crippen LogP contribution in [0.5, 0.6) is 0 Å². The minimum Gasteiger partial charge on any atom is -0.387 e. The van der Waals surface area contributed by atoms with Gasteiger partial charge in [-0.1, -0.05) is 12.1 Å². The van der Waals surface area contributed by atoms with Crippen LogP contribution < -0.4 is 10.6 Å². The van der Waals surface area contributed by atoms with E-state index in [1.54, 1.807) is 11.8 Å². The SMILES string of the molecule is CSc1ccc(C(O)CNC(=O)NC2CCOCC2)cc1. The van der Waals surface area contributed by atoms with Gasteiger partial charge < -0.3 is 20.5 Å². The molecule has 0 radical (unpaired) electrons. The quantitative estimate of drug-likeness (QED) is 0.727. The van der Waals surface area contributed by atoms with E-state index in [0.717, 1.165) is 23.3 Å². The van der Waals surface area contributed by atoms with Gasteiger partial charge in [0.05, 0.1) is 6.10 Å². The van der Waals surface area contributed by atoms with Crippen molar-refractivity contribution < 1.29 is 14.6 Å². The number of nitrogens with one attached hydrogen (secondary N) is 2. The third-order valence-corrected chi connectivity index (χ3v) is 4.26. The first kappa shape index (κ1) is 16.1. The van der Waals surface area contributed by atoms with Gasteiger partial charge in [-0.05, 0) is 36.8 Å². The lowest BCUT2D eigenvalue weighted by Gasteiger charge is -2.23. The lowest BCUT2D eigenvalue weighted by atomic mass is 10.1. The molecule has 1 aromatic rings. The van der Waals surface area contributed by atoms with E-state index in [-0.39, 0.29) is 18.6 Å². The van der Waals surface area contributed by atoms with Crippen molar-refractivity contribution in [2.75, 3.05) is 26.0 Å². The van der Waals surface area contributed by atoms with Gasteiger partial charge in [0.25, 0.3) is 0 Å². The number of aliphatic hydroxyl groups excluding tert-OH is 1. The van der Waals surface area contributed by atoms with Gasteiger partial charge in [0.1, 0.15) is 0 Å². The molecule has 1 saturated heterocycles. The van der Waals surface area contributed by atoms with Crippen molar-refractivity contribution >= 4 is 17.8 Å². The van der Waals surface area contributed by atoms with Crippen LogP contribution in [-0.4, -0.2) is 43.2 Å². The van der Waals surface area contributed by atoms with Gasteiger partial charge in [-0.2, -0.15) is 0 Å². The Labute approximate surface area is 129 Å². The lowest BCUT2D eigenvalue weighted by Crippen LogP contribution is -2.45. The molecule has 0 spiro atoms. The molecule has 0 saturated carbocycles. The maximum absolute atomic E-state index is 11.8. The fraction of sp³-hybridized carbons (Fsp3) is 0.533. The van der Waals surface area contributed by atoms with Crippen LogP contribution in [0.4, 0.5) is 4.79 Å². The zero-order valence-electron chi connectivity index (χ0n) is 12.2. The molecule has 2 amide bonds. The molecule has 1 fully saturated rings. The number of rotatable bonds is 5. The largest absolute Gasteiger partial charge is 0.387 e. The molecule has 0 aliphatic carbocycles. The number of benzene rings is 1. The second-order valence-electron chi connectivity index (χ2n) is 5.03. The van der Waals surface area contributed by atoms with E-state index in [0.29, 0.717) is 13.2 Å². The zero-order chi connectivity index (χ0) is 15.1. The number of hydrogen-bond acceptors (Lipinski definition) is 4. The first-order valence-electron chi connectivity index (χ1n) is 7.13. The number of aliphatic hydroxyl groups is 1. The minimum atomic E-state index is -0.693. The molecule has 3 N–H and O–H groups in total. The molecule has 6 heteroatoms. The van der Waals surface area contributed by atoms with Crippen LogP contribution in [0.15, 0.2) is 29.2 Å². The van der Waals surface area contributed by atoms with Crippen molar-refractivity contribution in [3.8, 4) is 0 Å². The Morgan fingerprint density at radius 2 is 2.05 bits per heavy atom. The van der Waals surface area contributed by atoms with Crippen molar-refractivity contribution in [3.63, 3.8) is 0 Å². The average Bonchev–Trinajstić information content (AvgIpc) is 2.53. The first-order valence-corrected chi connectivity index (χ1v) is 8.35. The standard InChI is InChI=1S/C15H22N2O3S/c1-21-13-4-2-11(3-5-13)14(18)10-16-15(19)17-12-6-8-20-9-7-12/h2-5,12,14,18H,6-10H2,1H3,(H2,16,17,19). The molecular weight excluding hydrogens is 288 g/mol. The van der Waals surface area contributed by atoms with E-state index in [9.17, 15) is 9.90 Å². The van der Waals surface area contributed by atoms with Gasteiger partial charge in [-0.25, -0.2) is 4.79 Å². The number of carbonyl (C=O) groups excluding carboxylic acids is 1. The highest BCUT2D eigenvalue weighted by Crippen LogP contribution is 2.18. The summed E-state index contributed by atoms with van der Waals surface area (Å²) in [4.78, 5) is 12.9. The molecule has 0 aromatic heterocycles. The summed E-state index contributed by atoms with van der Waals surface area (Å²) in [6.07, 6.45) is 2.99. The van der Waals surface area contributed by atoms with Crippen LogP contribution in [0.2, 0.25) is 0 Å². The summed E-state index contributed by atoms with van der Waals surface area (Å²) in [6, 6.07) is 7.62. The number of hydrogen-bond donors (Lipinski definition) is 3. The molecule has 5 nitrogen and oxygen atoms in total. The minimum absolute atomic E-state index is 0.164. The first-order chi connectivity index (χ1) is 10.2. The van der Waals surface area contributed by atoms with Crippen molar-refractivity contribution in [2.45, 2.75) is 29.9 Å². The molecule has 2 rings (SSSR count). The Morgan fingerprint density at radius 3 is 2.67 bits per heavy atom. The van der Waals surface area contributed by atoms with Gasteiger partial charge in [-0.3, -0.25) is 0 Å². The Kier molecular flexibility index (Phi) is 6.35. The van der Waals surface area contributed by atoms with Crippen molar-refractivity contribution in [3.05, 3.63) is 29.8 Å². The predicted octanol–water partition coefficient (Wildman–Crippen LogP) is 1.92. The third kappa shape index (κ3) is 5.22. The zero-order valence-corrected chi connectivity index (χ0v) is 13.0. The molecule has 1 aliphatic rings. The Bertz CT molecular complexity index is 447. The molecule has 21 heavy (non-hydrogen) atoms. The van der Waals surface area contributed by atoms with Crippen LogP contribution in [0, 0.1) is 0 Å². The van der Waals surface area contributed by atoms with E-state index in [1.807, 2.05) is 30.5 Å². The average molecular weight is 310 g/mol. The van der Waals surface area contributed by atoms with E-state index >= 15 is 0 Å². The van der Waals surface area contributed by atoms with Gasteiger partial charge in [0.15, 0.2) is 0 Å². The molecule has 1 heterocycles. The topological polar surface area (TPSA) is 70.6 Å². The molecule has 0 bridgehead atoms. The number of amides is 2.